The fraction of sp³-hybridized carbons (Fsp3) is 0.286. The molecule has 0 spiro atoms. The van der Waals surface area contributed by atoms with Gasteiger partial charge in [-0.15, -0.1) is 0 Å². The predicted molar refractivity (Wildman–Crippen MR) is 109 cm³/mol. The molecule has 29 heavy (non-hydrogen) atoms. The summed E-state index contributed by atoms with van der Waals surface area (Å²) < 4.78 is 11.2. The number of anilines is 2. The van der Waals surface area contributed by atoms with E-state index in [0.29, 0.717) is 19.8 Å². The minimum atomic E-state index is 0.255. The van der Waals surface area contributed by atoms with Crippen molar-refractivity contribution in [3.8, 4) is 11.4 Å². The van der Waals surface area contributed by atoms with E-state index in [1.807, 2.05) is 18.5 Å². The van der Waals surface area contributed by atoms with Gasteiger partial charge in [0.1, 0.15) is 5.76 Å². The SMILES string of the molecule is c1cc(-c2ncc3c(n2)N2CCOC[C@H]2CN3Cc2cnco2)c2cc[nH]c2c1. The maximum atomic E-state index is 5.75. The van der Waals surface area contributed by atoms with Gasteiger partial charge in [0.05, 0.1) is 43.9 Å². The molecule has 0 aliphatic carbocycles. The van der Waals surface area contributed by atoms with Gasteiger partial charge in [0, 0.05) is 35.8 Å². The Labute approximate surface area is 167 Å². The zero-order valence-electron chi connectivity index (χ0n) is 15.8. The first kappa shape index (κ1) is 16.6. The van der Waals surface area contributed by atoms with Crippen LogP contribution in [0.3, 0.4) is 0 Å². The molecular formula is C21H20N6O2. The van der Waals surface area contributed by atoms with Crippen LogP contribution in [-0.2, 0) is 11.3 Å². The van der Waals surface area contributed by atoms with E-state index in [9.17, 15) is 0 Å². The Morgan fingerprint density at radius 1 is 1.21 bits per heavy atom. The first-order chi connectivity index (χ1) is 14.4. The second-order valence-electron chi connectivity index (χ2n) is 7.42. The molecule has 1 atom stereocenters. The van der Waals surface area contributed by atoms with E-state index >= 15 is 0 Å². The average molecular weight is 388 g/mol. The van der Waals surface area contributed by atoms with Crippen LogP contribution in [0.1, 0.15) is 5.76 Å². The average Bonchev–Trinajstić information content (AvgIpc) is 3.45. The van der Waals surface area contributed by atoms with Crippen molar-refractivity contribution in [3.63, 3.8) is 0 Å². The van der Waals surface area contributed by atoms with Crippen molar-refractivity contribution in [2.24, 2.45) is 0 Å². The van der Waals surface area contributed by atoms with Crippen LogP contribution in [0.15, 0.2) is 53.7 Å². The number of morpholine rings is 1. The van der Waals surface area contributed by atoms with E-state index in [4.69, 9.17) is 19.1 Å². The van der Waals surface area contributed by atoms with Crippen molar-refractivity contribution in [1.82, 2.24) is 19.9 Å². The summed E-state index contributed by atoms with van der Waals surface area (Å²) in [4.78, 5) is 21.7. The topological polar surface area (TPSA) is 83.3 Å². The number of hydrogen-bond acceptors (Lipinski definition) is 7. The number of nitrogens with zero attached hydrogens (tertiary/aromatic N) is 5. The molecule has 146 valence electrons. The van der Waals surface area contributed by atoms with Gasteiger partial charge in [-0.3, -0.25) is 0 Å². The largest absolute Gasteiger partial charge is 0.447 e. The zero-order valence-corrected chi connectivity index (χ0v) is 15.8. The molecule has 8 nitrogen and oxygen atoms in total. The Kier molecular flexibility index (Phi) is 3.76. The highest BCUT2D eigenvalue weighted by molar-refractivity contribution is 5.93. The number of benzene rings is 1. The smallest absolute Gasteiger partial charge is 0.180 e. The van der Waals surface area contributed by atoms with Crippen molar-refractivity contribution in [3.05, 3.63) is 55.0 Å². The second kappa shape index (κ2) is 6.59. The summed E-state index contributed by atoms with van der Waals surface area (Å²) in [6, 6.07) is 8.49. The van der Waals surface area contributed by atoms with Gasteiger partial charge in [0.15, 0.2) is 18.0 Å². The molecule has 1 fully saturated rings. The summed E-state index contributed by atoms with van der Waals surface area (Å²) in [6.45, 7) is 3.71. The lowest BCUT2D eigenvalue weighted by Gasteiger charge is -2.45. The number of aromatic amines is 1. The molecule has 0 bridgehead atoms. The Bertz CT molecular complexity index is 1160. The zero-order chi connectivity index (χ0) is 19.2. The van der Waals surface area contributed by atoms with Gasteiger partial charge in [0.25, 0.3) is 0 Å². The fourth-order valence-corrected chi connectivity index (χ4v) is 4.31. The van der Waals surface area contributed by atoms with Crippen molar-refractivity contribution < 1.29 is 9.15 Å². The lowest BCUT2D eigenvalue weighted by Crippen LogP contribution is -2.55. The standard InChI is InChI=1S/C21H20N6O2/c1-2-17(16-4-5-23-18(16)3-1)20-24-9-19-21(25-20)27-6-7-28-12-14(27)10-26(19)11-15-8-22-13-29-15/h1-5,8-9,13-14,23H,6-7,10-12H2/t14-/m1/s1. The third-order valence-electron chi connectivity index (χ3n) is 5.69. The number of rotatable bonds is 3. The van der Waals surface area contributed by atoms with Crippen molar-refractivity contribution in [1.29, 1.82) is 0 Å². The number of nitrogens with one attached hydrogen (secondary N) is 1. The van der Waals surface area contributed by atoms with Crippen LogP contribution < -0.4 is 9.80 Å². The summed E-state index contributed by atoms with van der Waals surface area (Å²) in [6.07, 6.45) is 7.10. The first-order valence-corrected chi connectivity index (χ1v) is 9.77. The highest BCUT2D eigenvalue weighted by Crippen LogP contribution is 2.37. The summed E-state index contributed by atoms with van der Waals surface area (Å²) in [5.41, 5.74) is 3.13. The molecule has 4 aromatic rings. The highest BCUT2D eigenvalue weighted by atomic mass is 16.5. The molecule has 0 amide bonds. The van der Waals surface area contributed by atoms with E-state index in [1.165, 1.54) is 6.39 Å². The number of aromatic nitrogens is 4. The maximum absolute atomic E-state index is 5.75. The highest BCUT2D eigenvalue weighted by Gasteiger charge is 2.35. The number of fused-ring (bicyclic) bond motifs is 4. The maximum Gasteiger partial charge on any atom is 0.180 e. The molecule has 0 saturated carbocycles. The van der Waals surface area contributed by atoms with Gasteiger partial charge in [-0.1, -0.05) is 12.1 Å². The van der Waals surface area contributed by atoms with Gasteiger partial charge < -0.3 is 23.9 Å². The Hall–Kier alpha value is -3.39. The summed E-state index contributed by atoms with van der Waals surface area (Å²) >= 11 is 0. The van der Waals surface area contributed by atoms with Crippen LogP contribution in [0.5, 0.6) is 0 Å². The van der Waals surface area contributed by atoms with Crippen molar-refractivity contribution in [2.75, 3.05) is 36.1 Å². The van der Waals surface area contributed by atoms with Crippen LogP contribution in [0.4, 0.5) is 11.5 Å². The van der Waals surface area contributed by atoms with Crippen LogP contribution in [0.25, 0.3) is 22.3 Å². The van der Waals surface area contributed by atoms with Gasteiger partial charge >= 0.3 is 0 Å². The molecule has 1 N–H and O–H groups in total. The molecule has 8 heteroatoms. The number of ether oxygens (including phenoxy) is 1. The Morgan fingerprint density at radius 2 is 2.21 bits per heavy atom. The predicted octanol–water partition coefficient (Wildman–Crippen LogP) is 2.84. The van der Waals surface area contributed by atoms with E-state index in [2.05, 4.69) is 38.0 Å². The minimum absolute atomic E-state index is 0.255. The molecule has 5 heterocycles. The van der Waals surface area contributed by atoms with Crippen molar-refractivity contribution in [2.45, 2.75) is 12.6 Å². The summed E-state index contributed by atoms with van der Waals surface area (Å²) in [5, 5.41) is 1.13. The second-order valence-corrected chi connectivity index (χ2v) is 7.42. The van der Waals surface area contributed by atoms with E-state index in [-0.39, 0.29) is 6.04 Å². The molecular weight excluding hydrogens is 368 g/mol. The fourth-order valence-electron chi connectivity index (χ4n) is 4.31. The van der Waals surface area contributed by atoms with Crippen molar-refractivity contribution >= 4 is 22.4 Å². The summed E-state index contributed by atoms with van der Waals surface area (Å²) in [7, 11) is 0. The molecule has 0 radical (unpaired) electrons. The quantitative estimate of drug-likeness (QED) is 0.578. The first-order valence-electron chi connectivity index (χ1n) is 9.77. The Balaban J connectivity index is 1.46. The molecule has 2 aliphatic rings. The van der Waals surface area contributed by atoms with Gasteiger partial charge in [-0.25, -0.2) is 15.0 Å². The van der Waals surface area contributed by atoms with Gasteiger partial charge in [-0.05, 0) is 12.1 Å². The summed E-state index contributed by atoms with van der Waals surface area (Å²) in [5.74, 6) is 2.52. The molecule has 3 aromatic heterocycles. The van der Waals surface area contributed by atoms with E-state index in [0.717, 1.165) is 52.6 Å². The lowest BCUT2D eigenvalue weighted by atomic mass is 10.1. The third kappa shape index (κ3) is 2.75. The Morgan fingerprint density at radius 3 is 3.14 bits per heavy atom. The number of oxazole rings is 1. The molecule has 0 unspecified atom stereocenters. The molecule has 6 rings (SSSR count). The van der Waals surface area contributed by atoms with Crippen LogP contribution in [0, 0.1) is 0 Å². The molecule has 2 aliphatic heterocycles. The molecule has 1 aromatic carbocycles. The number of H-pyrrole nitrogens is 1. The van der Waals surface area contributed by atoms with Crippen LogP contribution in [0.2, 0.25) is 0 Å². The van der Waals surface area contributed by atoms with Crippen LogP contribution in [-0.4, -0.2) is 52.3 Å². The third-order valence-corrected chi connectivity index (χ3v) is 5.69. The van der Waals surface area contributed by atoms with E-state index < -0.39 is 0 Å². The van der Waals surface area contributed by atoms with E-state index in [1.54, 1.807) is 6.20 Å². The monoisotopic (exact) mass is 388 g/mol. The lowest BCUT2D eigenvalue weighted by molar-refractivity contribution is 0.0935. The molecule has 1 saturated heterocycles. The number of hydrogen-bond donors (Lipinski definition) is 1. The normalized spacial score (nSPS) is 18.7. The van der Waals surface area contributed by atoms with Gasteiger partial charge in [0.2, 0.25) is 0 Å². The minimum Gasteiger partial charge on any atom is -0.447 e. The van der Waals surface area contributed by atoms with Gasteiger partial charge in [-0.2, -0.15) is 0 Å². The van der Waals surface area contributed by atoms with Crippen LogP contribution >= 0.6 is 0 Å².